The van der Waals surface area contributed by atoms with Gasteiger partial charge in [0.25, 0.3) is 0 Å². The summed E-state index contributed by atoms with van der Waals surface area (Å²) in [5, 5.41) is 5.26. The summed E-state index contributed by atoms with van der Waals surface area (Å²) < 4.78 is 5.44. The molecule has 1 unspecified atom stereocenters. The van der Waals surface area contributed by atoms with Crippen LogP contribution in [-0.4, -0.2) is 50.2 Å². The van der Waals surface area contributed by atoms with Gasteiger partial charge in [-0.2, -0.15) is 0 Å². The normalized spacial score (nSPS) is 21.1. The summed E-state index contributed by atoms with van der Waals surface area (Å²) in [6.07, 6.45) is 2.29. The second-order valence-corrected chi connectivity index (χ2v) is 7.79. The minimum absolute atomic E-state index is 0.0640. The zero-order valence-corrected chi connectivity index (χ0v) is 15.7. The Morgan fingerprint density at radius 1 is 1.15 bits per heavy atom. The molecule has 2 saturated heterocycles. The van der Waals surface area contributed by atoms with Crippen molar-refractivity contribution in [3.05, 3.63) is 46.7 Å². The van der Waals surface area contributed by atoms with E-state index in [9.17, 15) is 4.79 Å². The van der Waals surface area contributed by atoms with E-state index in [0.717, 1.165) is 57.1 Å². The Labute approximate surface area is 158 Å². The van der Waals surface area contributed by atoms with Crippen molar-refractivity contribution in [2.45, 2.75) is 18.9 Å². The van der Waals surface area contributed by atoms with Gasteiger partial charge in [0.05, 0.1) is 31.1 Å². The Morgan fingerprint density at radius 2 is 2.00 bits per heavy atom. The van der Waals surface area contributed by atoms with E-state index in [2.05, 4.69) is 38.7 Å². The van der Waals surface area contributed by atoms with E-state index < -0.39 is 0 Å². The maximum absolute atomic E-state index is 12.7. The number of anilines is 2. The molecule has 0 spiro atoms. The van der Waals surface area contributed by atoms with Gasteiger partial charge in [-0.05, 0) is 43.0 Å². The molecule has 6 heteroatoms. The Kier molecular flexibility index (Phi) is 5.53. The number of likely N-dealkylation sites (tertiary alicyclic amines) is 1. The van der Waals surface area contributed by atoms with Crippen LogP contribution < -0.4 is 10.2 Å². The fourth-order valence-electron chi connectivity index (χ4n) is 3.85. The number of hydrogen-bond donors (Lipinski definition) is 1. The molecule has 1 aromatic carbocycles. The highest BCUT2D eigenvalue weighted by atomic mass is 32.1. The number of hydrogen-bond acceptors (Lipinski definition) is 5. The molecule has 0 bridgehead atoms. The van der Waals surface area contributed by atoms with Gasteiger partial charge in [-0.3, -0.25) is 9.69 Å². The highest BCUT2D eigenvalue weighted by Crippen LogP contribution is 2.34. The average Bonchev–Trinajstić information content (AvgIpc) is 3.34. The molecular weight excluding hydrogens is 346 g/mol. The molecule has 1 amide bonds. The van der Waals surface area contributed by atoms with Gasteiger partial charge < -0.3 is 15.0 Å². The number of para-hydroxylation sites is 2. The van der Waals surface area contributed by atoms with Gasteiger partial charge in [0.1, 0.15) is 0 Å². The summed E-state index contributed by atoms with van der Waals surface area (Å²) in [5.74, 6) is 0.0640. The molecule has 0 aliphatic carbocycles. The molecule has 2 aromatic rings. The van der Waals surface area contributed by atoms with Crippen LogP contribution in [0.2, 0.25) is 0 Å². The number of ether oxygens (including phenoxy) is 1. The molecule has 1 atom stereocenters. The lowest BCUT2D eigenvalue weighted by Crippen LogP contribution is -2.37. The third-order valence-corrected chi connectivity index (χ3v) is 6.09. The first-order valence-electron chi connectivity index (χ1n) is 9.30. The Bertz CT molecular complexity index is 728. The first-order valence-corrected chi connectivity index (χ1v) is 10.2. The Balaban J connectivity index is 1.42. The maximum Gasteiger partial charge on any atom is 0.238 e. The van der Waals surface area contributed by atoms with Crippen LogP contribution in [0.25, 0.3) is 0 Å². The number of thiophene rings is 1. The lowest BCUT2D eigenvalue weighted by molar-refractivity contribution is -0.117. The second-order valence-electron chi connectivity index (χ2n) is 6.81. The van der Waals surface area contributed by atoms with E-state index in [-0.39, 0.29) is 5.91 Å². The van der Waals surface area contributed by atoms with Crippen LogP contribution >= 0.6 is 11.3 Å². The van der Waals surface area contributed by atoms with Gasteiger partial charge in [0, 0.05) is 24.0 Å². The van der Waals surface area contributed by atoms with Crippen LogP contribution in [0.1, 0.15) is 23.8 Å². The molecule has 2 fully saturated rings. The third kappa shape index (κ3) is 3.92. The minimum atomic E-state index is 0.0640. The quantitative estimate of drug-likeness (QED) is 0.875. The van der Waals surface area contributed by atoms with Crippen molar-refractivity contribution in [2.24, 2.45) is 0 Å². The summed E-state index contributed by atoms with van der Waals surface area (Å²) in [6, 6.07) is 12.7. The lowest BCUT2D eigenvalue weighted by Gasteiger charge is -2.30. The van der Waals surface area contributed by atoms with Gasteiger partial charge in [-0.25, -0.2) is 0 Å². The molecule has 5 nitrogen and oxygen atoms in total. The fourth-order valence-corrected chi connectivity index (χ4v) is 4.75. The smallest absolute Gasteiger partial charge is 0.238 e. The third-order valence-electron chi connectivity index (χ3n) is 5.11. The predicted molar refractivity (Wildman–Crippen MR) is 106 cm³/mol. The minimum Gasteiger partial charge on any atom is -0.378 e. The van der Waals surface area contributed by atoms with Crippen molar-refractivity contribution in [3.8, 4) is 0 Å². The number of nitrogens with one attached hydrogen (secondary N) is 1. The van der Waals surface area contributed by atoms with Crippen LogP contribution in [0, 0.1) is 0 Å². The van der Waals surface area contributed by atoms with Gasteiger partial charge in [-0.15, -0.1) is 11.3 Å². The van der Waals surface area contributed by atoms with Crippen LogP contribution in [0.3, 0.4) is 0 Å². The highest BCUT2D eigenvalue weighted by Gasteiger charge is 2.28. The highest BCUT2D eigenvalue weighted by molar-refractivity contribution is 7.10. The first-order chi connectivity index (χ1) is 12.8. The zero-order chi connectivity index (χ0) is 17.8. The van der Waals surface area contributed by atoms with E-state index in [1.807, 2.05) is 18.2 Å². The number of benzene rings is 1. The Hall–Kier alpha value is -1.89. The average molecular weight is 372 g/mol. The van der Waals surface area contributed by atoms with Gasteiger partial charge >= 0.3 is 0 Å². The molecule has 2 aliphatic rings. The topological polar surface area (TPSA) is 44.8 Å². The lowest BCUT2D eigenvalue weighted by atomic mass is 10.2. The number of carbonyl (C=O) groups is 1. The molecule has 138 valence electrons. The van der Waals surface area contributed by atoms with E-state index in [1.165, 1.54) is 4.88 Å². The number of morpholine rings is 1. The second kappa shape index (κ2) is 8.20. The largest absolute Gasteiger partial charge is 0.378 e. The summed E-state index contributed by atoms with van der Waals surface area (Å²) in [4.78, 5) is 18.7. The van der Waals surface area contributed by atoms with E-state index in [0.29, 0.717) is 12.6 Å². The van der Waals surface area contributed by atoms with E-state index >= 15 is 0 Å². The molecular formula is C20H25N3O2S. The van der Waals surface area contributed by atoms with Crippen molar-refractivity contribution < 1.29 is 9.53 Å². The monoisotopic (exact) mass is 371 g/mol. The maximum atomic E-state index is 12.7. The van der Waals surface area contributed by atoms with Gasteiger partial charge in [0.15, 0.2) is 0 Å². The van der Waals surface area contributed by atoms with Crippen LogP contribution in [0.5, 0.6) is 0 Å². The summed E-state index contributed by atoms with van der Waals surface area (Å²) in [6.45, 7) is 4.62. The number of amides is 1. The SMILES string of the molecule is O=C(CN1CCCC1c1cccs1)Nc1ccccc1N1CCOCC1. The standard InChI is InChI=1S/C20H25N3O2S/c24-20(15-23-9-3-7-18(23)19-8-4-14-26-19)21-16-5-1-2-6-17(16)22-10-12-25-13-11-22/h1-2,4-6,8,14,18H,3,7,9-13,15H2,(H,21,24). The fraction of sp³-hybridized carbons (Fsp3) is 0.450. The van der Waals surface area contributed by atoms with Crippen LogP contribution in [-0.2, 0) is 9.53 Å². The molecule has 0 saturated carbocycles. The summed E-state index contributed by atoms with van der Waals surface area (Å²) in [5.41, 5.74) is 1.98. The molecule has 1 N–H and O–H groups in total. The predicted octanol–water partition coefficient (Wildman–Crippen LogP) is 3.36. The van der Waals surface area contributed by atoms with Crippen molar-refractivity contribution in [1.82, 2.24) is 4.90 Å². The molecule has 4 rings (SSSR count). The van der Waals surface area contributed by atoms with Crippen LogP contribution in [0.15, 0.2) is 41.8 Å². The van der Waals surface area contributed by atoms with E-state index in [4.69, 9.17) is 4.74 Å². The van der Waals surface area contributed by atoms with Gasteiger partial charge in [0.2, 0.25) is 5.91 Å². The van der Waals surface area contributed by atoms with Crippen molar-refractivity contribution in [2.75, 3.05) is 49.6 Å². The Morgan fingerprint density at radius 3 is 2.81 bits per heavy atom. The number of rotatable bonds is 5. The molecule has 0 radical (unpaired) electrons. The molecule has 26 heavy (non-hydrogen) atoms. The van der Waals surface area contributed by atoms with Crippen molar-refractivity contribution in [3.63, 3.8) is 0 Å². The van der Waals surface area contributed by atoms with Crippen molar-refractivity contribution in [1.29, 1.82) is 0 Å². The number of nitrogens with zero attached hydrogens (tertiary/aromatic N) is 2. The number of carbonyl (C=O) groups excluding carboxylic acids is 1. The zero-order valence-electron chi connectivity index (χ0n) is 14.9. The van der Waals surface area contributed by atoms with Crippen molar-refractivity contribution >= 4 is 28.6 Å². The summed E-state index contributed by atoms with van der Waals surface area (Å²) in [7, 11) is 0. The van der Waals surface area contributed by atoms with Crippen LogP contribution in [0.4, 0.5) is 11.4 Å². The summed E-state index contributed by atoms with van der Waals surface area (Å²) >= 11 is 1.78. The first kappa shape index (κ1) is 17.5. The molecule has 1 aromatic heterocycles. The molecule has 3 heterocycles. The molecule has 2 aliphatic heterocycles. The van der Waals surface area contributed by atoms with Gasteiger partial charge in [-0.1, -0.05) is 18.2 Å². The van der Waals surface area contributed by atoms with E-state index in [1.54, 1.807) is 11.3 Å².